The minimum atomic E-state index is -0.742. The predicted molar refractivity (Wildman–Crippen MR) is 87.3 cm³/mol. The first kappa shape index (κ1) is 15.5. The zero-order valence-electron chi connectivity index (χ0n) is 12.5. The summed E-state index contributed by atoms with van der Waals surface area (Å²) in [6, 6.07) is 19.3. The Morgan fingerprint density at radius 2 is 1.50 bits per heavy atom. The van der Waals surface area contributed by atoms with E-state index < -0.39 is 11.6 Å². The van der Waals surface area contributed by atoms with E-state index in [1.165, 1.54) is 6.07 Å². The second-order valence-electron chi connectivity index (χ2n) is 4.93. The van der Waals surface area contributed by atoms with E-state index in [2.05, 4.69) is 5.32 Å². The van der Waals surface area contributed by atoms with Gasteiger partial charge in [0.15, 0.2) is 0 Å². The maximum Gasteiger partial charge on any atom is 0.149 e. The van der Waals surface area contributed by atoms with Crippen molar-refractivity contribution in [3.8, 4) is 17.6 Å². The van der Waals surface area contributed by atoms with Crippen molar-refractivity contribution in [2.24, 2.45) is 0 Å². The number of nitriles is 1. The van der Waals surface area contributed by atoms with Crippen LogP contribution in [0.4, 0.5) is 20.2 Å². The number of nitrogens with one attached hydrogen (secondary N) is 1. The standard InChI is InChI=1S/C19H12F2N2O/c20-15-8-4-9-16(21)19(15)23-17-10-5-11-18(14(17)12-22)24-13-6-2-1-3-7-13/h1-11,23H. The van der Waals surface area contributed by atoms with Crippen LogP contribution >= 0.6 is 0 Å². The molecule has 0 amide bonds. The Bertz CT molecular complexity index is 885. The van der Waals surface area contributed by atoms with Crippen LogP contribution in [0, 0.1) is 23.0 Å². The molecule has 0 fully saturated rings. The molecule has 0 aliphatic rings. The second-order valence-corrected chi connectivity index (χ2v) is 4.93. The number of benzene rings is 3. The average Bonchev–Trinajstić information content (AvgIpc) is 2.59. The molecule has 0 aromatic heterocycles. The van der Waals surface area contributed by atoms with E-state index in [0.29, 0.717) is 11.5 Å². The molecule has 0 radical (unpaired) electrons. The highest BCUT2D eigenvalue weighted by Crippen LogP contribution is 2.32. The predicted octanol–water partition coefficient (Wildman–Crippen LogP) is 5.37. The number of para-hydroxylation sites is 2. The summed E-state index contributed by atoms with van der Waals surface area (Å²) >= 11 is 0. The summed E-state index contributed by atoms with van der Waals surface area (Å²) in [5.74, 6) is -0.629. The van der Waals surface area contributed by atoms with Crippen molar-refractivity contribution in [3.63, 3.8) is 0 Å². The zero-order valence-corrected chi connectivity index (χ0v) is 12.5. The first-order valence-corrected chi connectivity index (χ1v) is 7.16. The van der Waals surface area contributed by atoms with Crippen LogP contribution in [0.15, 0.2) is 66.7 Å². The summed E-state index contributed by atoms with van der Waals surface area (Å²) < 4.78 is 33.3. The van der Waals surface area contributed by atoms with Crippen molar-refractivity contribution in [1.29, 1.82) is 5.26 Å². The highest BCUT2D eigenvalue weighted by molar-refractivity contribution is 5.71. The van der Waals surface area contributed by atoms with Crippen molar-refractivity contribution < 1.29 is 13.5 Å². The fourth-order valence-corrected chi connectivity index (χ4v) is 2.20. The Morgan fingerprint density at radius 3 is 2.17 bits per heavy atom. The highest BCUT2D eigenvalue weighted by Gasteiger charge is 2.14. The van der Waals surface area contributed by atoms with E-state index in [1.54, 1.807) is 42.5 Å². The lowest BCUT2D eigenvalue weighted by Crippen LogP contribution is -2.00. The van der Waals surface area contributed by atoms with Gasteiger partial charge in [-0.2, -0.15) is 5.26 Å². The molecular weight excluding hydrogens is 310 g/mol. The minimum absolute atomic E-state index is 0.156. The molecular formula is C19H12F2N2O. The first-order valence-electron chi connectivity index (χ1n) is 7.16. The van der Waals surface area contributed by atoms with Gasteiger partial charge in [0.2, 0.25) is 0 Å². The Hall–Kier alpha value is -3.39. The summed E-state index contributed by atoms with van der Waals surface area (Å²) in [6.45, 7) is 0. The van der Waals surface area contributed by atoms with E-state index in [1.807, 2.05) is 12.1 Å². The van der Waals surface area contributed by atoms with Gasteiger partial charge in [0.05, 0.1) is 5.69 Å². The molecule has 0 saturated carbocycles. The minimum Gasteiger partial charge on any atom is -0.456 e. The maximum absolute atomic E-state index is 13.8. The van der Waals surface area contributed by atoms with Gasteiger partial charge >= 0.3 is 0 Å². The summed E-state index contributed by atoms with van der Waals surface area (Å²) in [5.41, 5.74) is 0.102. The lowest BCUT2D eigenvalue weighted by molar-refractivity contribution is 0.481. The SMILES string of the molecule is N#Cc1c(Nc2c(F)cccc2F)cccc1Oc1ccccc1. The molecule has 0 spiro atoms. The molecule has 5 heteroatoms. The van der Waals surface area contributed by atoms with Gasteiger partial charge in [-0.15, -0.1) is 0 Å². The van der Waals surface area contributed by atoms with Crippen LogP contribution in [0.2, 0.25) is 0 Å². The Balaban J connectivity index is 1.98. The molecule has 1 N–H and O–H groups in total. The Labute approximate surface area is 137 Å². The van der Waals surface area contributed by atoms with Crippen LogP contribution in [-0.4, -0.2) is 0 Å². The summed E-state index contributed by atoms with van der Waals surface area (Å²) in [5, 5.41) is 12.1. The number of ether oxygens (including phenoxy) is 1. The molecule has 0 unspecified atom stereocenters. The smallest absolute Gasteiger partial charge is 0.149 e. The molecule has 0 saturated heterocycles. The van der Waals surface area contributed by atoms with Gasteiger partial charge in [0.25, 0.3) is 0 Å². The third-order valence-corrected chi connectivity index (χ3v) is 3.33. The van der Waals surface area contributed by atoms with Crippen molar-refractivity contribution in [3.05, 3.63) is 83.9 Å². The Morgan fingerprint density at radius 1 is 0.833 bits per heavy atom. The number of hydrogen-bond donors (Lipinski definition) is 1. The van der Waals surface area contributed by atoms with E-state index in [9.17, 15) is 14.0 Å². The van der Waals surface area contributed by atoms with E-state index >= 15 is 0 Å². The molecule has 0 heterocycles. The van der Waals surface area contributed by atoms with E-state index in [-0.39, 0.29) is 16.9 Å². The molecule has 118 valence electrons. The molecule has 0 aliphatic carbocycles. The quantitative estimate of drug-likeness (QED) is 0.702. The third-order valence-electron chi connectivity index (χ3n) is 3.33. The van der Waals surface area contributed by atoms with Crippen molar-refractivity contribution >= 4 is 11.4 Å². The summed E-state index contributed by atoms with van der Waals surface area (Å²) in [6.07, 6.45) is 0. The van der Waals surface area contributed by atoms with Crippen molar-refractivity contribution in [2.75, 3.05) is 5.32 Å². The topological polar surface area (TPSA) is 45.0 Å². The lowest BCUT2D eigenvalue weighted by Gasteiger charge is -2.13. The van der Waals surface area contributed by atoms with Crippen LogP contribution in [0.25, 0.3) is 0 Å². The van der Waals surface area contributed by atoms with Gasteiger partial charge < -0.3 is 10.1 Å². The van der Waals surface area contributed by atoms with E-state index in [0.717, 1.165) is 12.1 Å². The molecule has 3 aromatic rings. The Kier molecular flexibility index (Phi) is 4.39. The van der Waals surface area contributed by atoms with Gasteiger partial charge in [0.1, 0.15) is 40.5 Å². The molecule has 3 nitrogen and oxygen atoms in total. The number of halogens is 2. The molecule has 3 aromatic carbocycles. The summed E-state index contributed by atoms with van der Waals surface area (Å²) in [4.78, 5) is 0. The second kappa shape index (κ2) is 6.80. The molecule has 0 aliphatic heterocycles. The number of rotatable bonds is 4. The maximum atomic E-state index is 13.8. The van der Waals surface area contributed by atoms with Gasteiger partial charge in [-0.05, 0) is 36.4 Å². The molecule has 0 atom stereocenters. The molecule has 3 rings (SSSR count). The third kappa shape index (κ3) is 3.18. The van der Waals surface area contributed by atoms with Crippen LogP contribution in [0.3, 0.4) is 0 Å². The van der Waals surface area contributed by atoms with E-state index in [4.69, 9.17) is 4.74 Å². The lowest BCUT2D eigenvalue weighted by atomic mass is 10.1. The highest BCUT2D eigenvalue weighted by atomic mass is 19.1. The zero-order chi connectivity index (χ0) is 16.9. The monoisotopic (exact) mass is 322 g/mol. The van der Waals surface area contributed by atoms with Crippen molar-refractivity contribution in [2.45, 2.75) is 0 Å². The summed E-state index contributed by atoms with van der Waals surface area (Å²) in [7, 11) is 0. The van der Waals surface area contributed by atoms with Gasteiger partial charge in [0, 0.05) is 0 Å². The fraction of sp³-hybridized carbons (Fsp3) is 0. The van der Waals surface area contributed by atoms with Gasteiger partial charge in [-0.25, -0.2) is 8.78 Å². The normalized spacial score (nSPS) is 10.0. The van der Waals surface area contributed by atoms with Gasteiger partial charge in [-0.1, -0.05) is 30.3 Å². The van der Waals surface area contributed by atoms with Crippen molar-refractivity contribution in [1.82, 2.24) is 0 Å². The number of nitrogens with zero attached hydrogens (tertiary/aromatic N) is 1. The average molecular weight is 322 g/mol. The van der Waals surface area contributed by atoms with Crippen LogP contribution in [0.1, 0.15) is 5.56 Å². The largest absolute Gasteiger partial charge is 0.456 e. The number of anilines is 2. The fourth-order valence-electron chi connectivity index (χ4n) is 2.20. The first-order chi connectivity index (χ1) is 11.7. The van der Waals surface area contributed by atoms with Gasteiger partial charge in [-0.3, -0.25) is 0 Å². The van der Waals surface area contributed by atoms with Crippen LogP contribution < -0.4 is 10.1 Å². The van der Waals surface area contributed by atoms with Crippen LogP contribution in [-0.2, 0) is 0 Å². The van der Waals surface area contributed by atoms with Crippen LogP contribution in [0.5, 0.6) is 11.5 Å². The number of hydrogen-bond acceptors (Lipinski definition) is 3. The molecule has 24 heavy (non-hydrogen) atoms. The molecule has 0 bridgehead atoms.